The lowest BCUT2D eigenvalue weighted by atomic mass is 10.2. The Balaban J connectivity index is 1.82. The highest BCUT2D eigenvalue weighted by molar-refractivity contribution is 7.98. The molecule has 142 valence electrons. The molecule has 0 radical (unpaired) electrons. The second-order valence-corrected chi connectivity index (χ2v) is 7.16. The summed E-state index contributed by atoms with van der Waals surface area (Å²) in [6.07, 6.45) is 1.88. The Hall–Kier alpha value is -2.74. The number of amides is 1. The molecule has 3 rings (SSSR count). The van der Waals surface area contributed by atoms with Gasteiger partial charge in [-0.05, 0) is 32.0 Å². The Morgan fingerprint density at radius 3 is 2.78 bits per heavy atom. The van der Waals surface area contributed by atoms with Gasteiger partial charge in [-0.15, -0.1) is 10.2 Å². The molecule has 0 saturated carbocycles. The molecule has 0 fully saturated rings. The Morgan fingerprint density at radius 2 is 2.07 bits per heavy atom. The minimum Gasteiger partial charge on any atom is -0.491 e. The van der Waals surface area contributed by atoms with Crippen LogP contribution in [0.1, 0.15) is 25.8 Å². The molecule has 2 heterocycles. The molecule has 0 aliphatic heterocycles. The van der Waals surface area contributed by atoms with Crippen LogP contribution in [0.15, 0.2) is 52.2 Å². The van der Waals surface area contributed by atoms with E-state index in [1.165, 1.54) is 11.8 Å². The SMILES string of the molecule is CC(C)Oc1ccccc1CSc1nnc(-c2ccco2)n1CCC(N)=O. The first-order valence-corrected chi connectivity index (χ1v) is 9.66. The maximum atomic E-state index is 11.3. The zero-order chi connectivity index (χ0) is 19.2. The summed E-state index contributed by atoms with van der Waals surface area (Å²) in [5.41, 5.74) is 6.39. The number of thioether (sulfide) groups is 1. The molecule has 8 heteroatoms. The monoisotopic (exact) mass is 386 g/mol. The summed E-state index contributed by atoms with van der Waals surface area (Å²) in [6, 6.07) is 11.5. The minimum atomic E-state index is -0.374. The fraction of sp³-hybridized carbons (Fsp3) is 0.316. The number of aromatic nitrogens is 3. The molecule has 3 aromatic rings. The number of carbonyl (C=O) groups excluding carboxylic acids is 1. The number of primary amides is 1. The zero-order valence-corrected chi connectivity index (χ0v) is 16.1. The molecule has 0 unspecified atom stereocenters. The number of nitrogens with two attached hydrogens (primary N) is 1. The summed E-state index contributed by atoms with van der Waals surface area (Å²) in [4.78, 5) is 11.3. The van der Waals surface area contributed by atoms with E-state index in [9.17, 15) is 4.79 Å². The van der Waals surface area contributed by atoms with E-state index in [1.54, 1.807) is 12.3 Å². The Bertz CT molecular complexity index is 890. The molecule has 0 bridgehead atoms. The third-order valence-corrected chi connectivity index (χ3v) is 4.75. The van der Waals surface area contributed by atoms with Crippen molar-refractivity contribution in [3.63, 3.8) is 0 Å². The van der Waals surface area contributed by atoms with E-state index >= 15 is 0 Å². The van der Waals surface area contributed by atoms with Crippen LogP contribution in [0.4, 0.5) is 0 Å². The average Bonchev–Trinajstić information content (AvgIpc) is 3.28. The van der Waals surface area contributed by atoms with Crippen LogP contribution in [0.25, 0.3) is 11.6 Å². The van der Waals surface area contributed by atoms with E-state index < -0.39 is 0 Å². The van der Waals surface area contributed by atoms with Crippen molar-refractivity contribution in [1.82, 2.24) is 14.8 Å². The summed E-state index contributed by atoms with van der Waals surface area (Å²) >= 11 is 1.53. The van der Waals surface area contributed by atoms with Crippen molar-refractivity contribution >= 4 is 17.7 Å². The van der Waals surface area contributed by atoms with Crippen LogP contribution in [-0.2, 0) is 17.1 Å². The van der Waals surface area contributed by atoms with Crippen molar-refractivity contribution < 1.29 is 13.9 Å². The molecule has 2 N–H and O–H groups in total. The first-order valence-electron chi connectivity index (χ1n) is 8.67. The molecule has 1 aromatic carbocycles. The van der Waals surface area contributed by atoms with Crippen molar-refractivity contribution in [2.24, 2.45) is 5.73 Å². The number of hydrogen-bond donors (Lipinski definition) is 1. The van der Waals surface area contributed by atoms with Gasteiger partial charge in [-0.2, -0.15) is 0 Å². The van der Waals surface area contributed by atoms with E-state index in [-0.39, 0.29) is 18.4 Å². The van der Waals surface area contributed by atoms with Crippen LogP contribution in [0.5, 0.6) is 5.75 Å². The summed E-state index contributed by atoms with van der Waals surface area (Å²) in [7, 11) is 0. The lowest BCUT2D eigenvalue weighted by molar-refractivity contribution is -0.118. The second kappa shape index (κ2) is 8.77. The van der Waals surface area contributed by atoms with E-state index in [0.717, 1.165) is 11.3 Å². The molecular formula is C19H22N4O3S. The first kappa shape index (κ1) is 19.0. The normalized spacial score (nSPS) is 11.1. The third kappa shape index (κ3) is 4.91. The second-order valence-electron chi connectivity index (χ2n) is 6.21. The van der Waals surface area contributed by atoms with Crippen molar-refractivity contribution in [3.05, 3.63) is 48.2 Å². The molecule has 0 saturated heterocycles. The van der Waals surface area contributed by atoms with Crippen LogP contribution >= 0.6 is 11.8 Å². The van der Waals surface area contributed by atoms with Gasteiger partial charge in [0.25, 0.3) is 0 Å². The summed E-state index contributed by atoms with van der Waals surface area (Å²) in [6.45, 7) is 4.39. The fourth-order valence-electron chi connectivity index (χ4n) is 2.54. The van der Waals surface area contributed by atoms with Gasteiger partial charge in [0.1, 0.15) is 5.75 Å². The standard InChI is InChI=1S/C19H22N4O3S/c1-13(2)26-15-7-4-3-6-14(15)12-27-19-22-21-18(16-8-5-11-25-16)23(19)10-9-17(20)24/h3-8,11,13H,9-10,12H2,1-2H3,(H2,20,24). The highest BCUT2D eigenvalue weighted by atomic mass is 32.2. The van der Waals surface area contributed by atoms with Crippen molar-refractivity contribution in [1.29, 1.82) is 0 Å². The number of carbonyl (C=O) groups is 1. The number of hydrogen-bond acceptors (Lipinski definition) is 6. The van der Waals surface area contributed by atoms with Gasteiger partial charge in [-0.3, -0.25) is 9.36 Å². The van der Waals surface area contributed by atoms with Crippen molar-refractivity contribution in [2.45, 2.75) is 43.8 Å². The zero-order valence-electron chi connectivity index (χ0n) is 15.3. The van der Waals surface area contributed by atoms with E-state index in [2.05, 4.69) is 10.2 Å². The van der Waals surface area contributed by atoms with Gasteiger partial charge in [-0.25, -0.2) is 0 Å². The largest absolute Gasteiger partial charge is 0.491 e. The number of para-hydroxylation sites is 1. The Morgan fingerprint density at radius 1 is 1.26 bits per heavy atom. The maximum Gasteiger partial charge on any atom is 0.219 e. The minimum absolute atomic E-state index is 0.0981. The number of furan rings is 1. The molecule has 27 heavy (non-hydrogen) atoms. The van der Waals surface area contributed by atoms with Crippen molar-refractivity contribution in [2.75, 3.05) is 0 Å². The fourth-order valence-corrected chi connectivity index (χ4v) is 3.50. The summed E-state index contributed by atoms with van der Waals surface area (Å²) in [5, 5.41) is 9.21. The van der Waals surface area contributed by atoms with Crippen LogP contribution in [0.2, 0.25) is 0 Å². The highest BCUT2D eigenvalue weighted by Crippen LogP contribution is 2.30. The van der Waals surface area contributed by atoms with Gasteiger partial charge < -0.3 is 14.9 Å². The summed E-state index contributed by atoms with van der Waals surface area (Å²) in [5.74, 6) is 2.32. The van der Waals surface area contributed by atoms with Crippen LogP contribution in [-0.4, -0.2) is 26.8 Å². The third-order valence-electron chi connectivity index (χ3n) is 3.73. The summed E-state index contributed by atoms with van der Waals surface area (Å²) < 4.78 is 13.2. The molecule has 0 aliphatic rings. The van der Waals surface area contributed by atoms with Gasteiger partial charge >= 0.3 is 0 Å². The van der Waals surface area contributed by atoms with Crippen LogP contribution < -0.4 is 10.5 Å². The lowest BCUT2D eigenvalue weighted by Gasteiger charge is -2.14. The molecule has 1 amide bonds. The highest BCUT2D eigenvalue weighted by Gasteiger charge is 2.17. The van der Waals surface area contributed by atoms with Gasteiger partial charge in [-0.1, -0.05) is 30.0 Å². The number of benzene rings is 1. The van der Waals surface area contributed by atoms with Gasteiger partial charge in [0.15, 0.2) is 16.7 Å². The lowest BCUT2D eigenvalue weighted by Crippen LogP contribution is -2.15. The molecule has 2 aromatic heterocycles. The quantitative estimate of drug-likeness (QED) is 0.566. The van der Waals surface area contributed by atoms with E-state index in [0.29, 0.717) is 29.0 Å². The van der Waals surface area contributed by atoms with E-state index in [1.807, 2.05) is 48.7 Å². The number of rotatable bonds is 9. The predicted octanol–water partition coefficient (Wildman–Crippen LogP) is 3.49. The molecule has 0 atom stereocenters. The van der Waals surface area contributed by atoms with Gasteiger partial charge in [0, 0.05) is 24.3 Å². The van der Waals surface area contributed by atoms with Crippen LogP contribution in [0, 0.1) is 0 Å². The maximum absolute atomic E-state index is 11.3. The number of nitrogens with zero attached hydrogens (tertiary/aromatic N) is 3. The predicted molar refractivity (Wildman–Crippen MR) is 103 cm³/mol. The number of ether oxygens (including phenoxy) is 1. The Labute approximate surface area is 161 Å². The van der Waals surface area contributed by atoms with Crippen LogP contribution in [0.3, 0.4) is 0 Å². The molecule has 7 nitrogen and oxygen atoms in total. The molecule has 0 spiro atoms. The van der Waals surface area contributed by atoms with Crippen molar-refractivity contribution in [3.8, 4) is 17.3 Å². The average molecular weight is 386 g/mol. The molecular weight excluding hydrogens is 364 g/mol. The Kier molecular flexibility index (Phi) is 6.18. The smallest absolute Gasteiger partial charge is 0.219 e. The topological polar surface area (TPSA) is 96.2 Å². The van der Waals surface area contributed by atoms with E-state index in [4.69, 9.17) is 14.9 Å². The first-order chi connectivity index (χ1) is 13.0. The van der Waals surface area contributed by atoms with Gasteiger partial charge in [0.05, 0.1) is 12.4 Å². The molecule has 0 aliphatic carbocycles. The van der Waals surface area contributed by atoms with Gasteiger partial charge in [0.2, 0.25) is 5.91 Å².